The monoisotopic (exact) mass is 756 g/mol. The zero-order valence-corrected chi connectivity index (χ0v) is 30.0. The van der Waals surface area contributed by atoms with Crippen LogP contribution in [0.2, 0.25) is 0 Å². The average molecular weight is 757 g/mol. The molecule has 12 nitrogen and oxygen atoms in total. The Morgan fingerprint density at radius 3 is 1.65 bits per heavy atom. The van der Waals surface area contributed by atoms with Gasteiger partial charge in [-0.15, -0.1) is 0 Å². The second-order valence-electron chi connectivity index (χ2n) is 11.5. The van der Waals surface area contributed by atoms with Gasteiger partial charge in [0.15, 0.2) is 0 Å². The molecular formula is C36H38F2N4O8S2. The molecule has 2 aliphatic heterocycles. The van der Waals surface area contributed by atoms with E-state index in [0.717, 1.165) is 42.5 Å². The fourth-order valence-corrected chi connectivity index (χ4v) is 7.91. The zero-order valence-electron chi connectivity index (χ0n) is 28.3. The molecule has 0 aliphatic carbocycles. The van der Waals surface area contributed by atoms with Gasteiger partial charge in [0.05, 0.1) is 26.1 Å². The van der Waals surface area contributed by atoms with Crippen LogP contribution in [0.5, 0.6) is 11.5 Å². The Morgan fingerprint density at radius 2 is 1.23 bits per heavy atom. The summed E-state index contributed by atoms with van der Waals surface area (Å²) in [6.07, 6.45) is 4.02. The van der Waals surface area contributed by atoms with E-state index in [9.17, 15) is 30.4 Å². The van der Waals surface area contributed by atoms with Crippen molar-refractivity contribution in [2.24, 2.45) is 10.7 Å². The molecule has 2 aliphatic rings. The molecule has 0 spiro atoms. The number of hydrogen-bond donors (Lipinski definition) is 3. The summed E-state index contributed by atoms with van der Waals surface area (Å²) in [6, 6.07) is 19.0. The summed E-state index contributed by atoms with van der Waals surface area (Å²) in [5.41, 5.74) is 7.47. The van der Waals surface area contributed by atoms with Crippen LogP contribution in [-0.2, 0) is 37.3 Å². The molecule has 2 heterocycles. The third kappa shape index (κ3) is 10.0. The van der Waals surface area contributed by atoms with Crippen molar-refractivity contribution in [3.8, 4) is 11.5 Å². The Balaban J connectivity index is 0.000000213. The van der Waals surface area contributed by atoms with E-state index in [1.54, 1.807) is 12.1 Å². The summed E-state index contributed by atoms with van der Waals surface area (Å²) >= 11 is 0. The number of isocyanates is 1. The topological polar surface area (TPSA) is 183 Å². The highest BCUT2D eigenvalue weighted by Gasteiger charge is 2.26. The minimum Gasteiger partial charge on any atom is -0.489 e. The predicted molar refractivity (Wildman–Crippen MR) is 188 cm³/mol. The van der Waals surface area contributed by atoms with Gasteiger partial charge < -0.3 is 25.8 Å². The summed E-state index contributed by atoms with van der Waals surface area (Å²) in [5, 5.41) is 5.13. The molecule has 4 N–H and O–H groups in total. The molecule has 0 bridgehead atoms. The van der Waals surface area contributed by atoms with Crippen LogP contribution in [0.4, 0.5) is 13.6 Å². The lowest BCUT2D eigenvalue weighted by Gasteiger charge is -2.26. The van der Waals surface area contributed by atoms with Gasteiger partial charge in [0.1, 0.15) is 35.3 Å². The normalized spacial score (nSPS) is 15.9. The number of nitrogens with one attached hydrogen (secondary N) is 2. The summed E-state index contributed by atoms with van der Waals surface area (Å²) in [4.78, 5) is 23.1. The molecule has 52 heavy (non-hydrogen) atoms. The highest BCUT2D eigenvalue weighted by atomic mass is 32.2. The Bertz CT molecular complexity index is 2160. The third-order valence-corrected chi connectivity index (χ3v) is 11.5. The standard InChI is InChI=1S/C18H19FN2O4S.C16H16FNO3S.C2H3NO/c1-20-18(22)21-11-14-7-5-12-6-8-16(10-17(12)25-14)26(23,24)15-4-2-3-13(19)9-15;17-12-2-1-3-14(8-12)22(19,20)15-7-5-11-4-6-13(10-18)21-16(11)9-15;1-3-2-4/h2-4,6,8-10,14H,5,7,11H2,1H3,(H2,20,21,22);1-3,5,7-9,13H,4,6,10,18H2;1H3/t14-;13-;/m11./s1. The molecule has 276 valence electrons. The fraction of sp³-hybridized carbons (Fsp3) is 0.278. The van der Waals surface area contributed by atoms with E-state index in [4.69, 9.17) is 20.0 Å². The molecular weight excluding hydrogens is 719 g/mol. The molecule has 0 aromatic heterocycles. The van der Waals surface area contributed by atoms with Crippen LogP contribution in [-0.4, -0.2) is 68.3 Å². The van der Waals surface area contributed by atoms with Crippen LogP contribution in [0, 0.1) is 11.6 Å². The van der Waals surface area contributed by atoms with Gasteiger partial charge in [-0.05, 0) is 97.5 Å². The lowest BCUT2D eigenvalue weighted by Crippen LogP contribution is -2.41. The van der Waals surface area contributed by atoms with Crippen molar-refractivity contribution >= 4 is 31.8 Å². The van der Waals surface area contributed by atoms with E-state index < -0.39 is 31.3 Å². The van der Waals surface area contributed by atoms with Crippen LogP contribution < -0.4 is 25.8 Å². The number of nitrogens with two attached hydrogens (primary N) is 1. The smallest absolute Gasteiger partial charge is 0.314 e. The van der Waals surface area contributed by atoms with E-state index in [1.165, 1.54) is 80.8 Å². The Morgan fingerprint density at radius 1 is 0.788 bits per heavy atom. The van der Waals surface area contributed by atoms with Crippen LogP contribution in [0.3, 0.4) is 0 Å². The van der Waals surface area contributed by atoms with Crippen LogP contribution >= 0.6 is 0 Å². The number of ether oxygens (including phenoxy) is 2. The van der Waals surface area contributed by atoms with Crippen molar-refractivity contribution < 1.29 is 44.7 Å². The van der Waals surface area contributed by atoms with Gasteiger partial charge in [-0.1, -0.05) is 24.3 Å². The summed E-state index contributed by atoms with van der Waals surface area (Å²) in [6.45, 7) is 0.709. The number of benzene rings is 4. The maximum atomic E-state index is 13.4. The van der Waals surface area contributed by atoms with Crippen LogP contribution in [0.1, 0.15) is 24.0 Å². The van der Waals surface area contributed by atoms with Crippen LogP contribution in [0.25, 0.3) is 0 Å². The molecule has 2 amide bonds. The molecule has 0 saturated heterocycles. The minimum atomic E-state index is -3.84. The van der Waals surface area contributed by atoms with Crippen molar-refractivity contribution in [1.29, 1.82) is 0 Å². The molecule has 4 aromatic carbocycles. The fourth-order valence-electron chi connectivity index (χ4n) is 5.29. The predicted octanol–water partition coefficient (Wildman–Crippen LogP) is 4.54. The summed E-state index contributed by atoms with van der Waals surface area (Å²) in [5.74, 6) is -0.185. The largest absolute Gasteiger partial charge is 0.489 e. The summed E-state index contributed by atoms with van der Waals surface area (Å²) in [7, 11) is -4.71. The number of fused-ring (bicyclic) bond motifs is 2. The maximum Gasteiger partial charge on any atom is 0.314 e. The van der Waals surface area contributed by atoms with Gasteiger partial charge in [-0.3, -0.25) is 0 Å². The lowest BCUT2D eigenvalue weighted by atomic mass is 10.0. The van der Waals surface area contributed by atoms with Gasteiger partial charge in [0.2, 0.25) is 25.8 Å². The van der Waals surface area contributed by atoms with Gasteiger partial charge in [0, 0.05) is 20.6 Å². The summed E-state index contributed by atoms with van der Waals surface area (Å²) < 4.78 is 88.8. The van der Waals surface area contributed by atoms with E-state index in [1.807, 2.05) is 0 Å². The second-order valence-corrected chi connectivity index (χ2v) is 15.4. The first-order chi connectivity index (χ1) is 24.8. The number of amides is 2. The highest BCUT2D eigenvalue weighted by Crippen LogP contribution is 2.33. The van der Waals surface area contributed by atoms with E-state index in [-0.39, 0.29) is 37.8 Å². The number of carbonyl (C=O) groups excluding carboxylic acids is 2. The molecule has 2 atom stereocenters. The average Bonchev–Trinajstić information content (AvgIpc) is 3.16. The zero-order chi connectivity index (χ0) is 37.9. The Kier molecular flexibility index (Phi) is 13.6. The Hall–Kier alpha value is -5.15. The van der Waals surface area contributed by atoms with Gasteiger partial charge in [0.25, 0.3) is 0 Å². The number of sulfone groups is 2. The van der Waals surface area contributed by atoms with Gasteiger partial charge >= 0.3 is 6.03 Å². The highest BCUT2D eigenvalue weighted by molar-refractivity contribution is 7.91. The van der Waals surface area contributed by atoms with Crippen molar-refractivity contribution in [3.05, 3.63) is 108 Å². The molecule has 0 saturated carbocycles. The van der Waals surface area contributed by atoms with Crippen molar-refractivity contribution in [3.63, 3.8) is 0 Å². The quantitative estimate of drug-likeness (QED) is 0.180. The van der Waals surface area contributed by atoms with E-state index in [2.05, 4.69) is 15.6 Å². The molecule has 16 heteroatoms. The number of aryl methyl sites for hydroxylation is 2. The van der Waals surface area contributed by atoms with Crippen LogP contribution in [0.15, 0.2) is 110 Å². The second kappa shape index (κ2) is 17.9. The minimum absolute atomic E-state index is 0.0433. The number of urea groups is 1. The third-order valence-electron chi connectivity index (χ3n) is 8.04. The molecule has 0 radical (unpaired) electrons. The number of carbonyl (C=O) groups is 1. The van der Waals surface area contributed by atoms with Gasteiger partial charge in [-0.2, -0.15) is 0 Å². The number of nitrogens with zero attached hydrogens (tertiary/aromatic N) is 1. The van der Waals surface area contributed by atoms with Gasteiger partial charge in [-0.25, -0.2) is 40.2 Å². The first-order valence-corrected chi connectivity index (χ1v) is 19.0. The van der Waals surface area contributed by atoms with Crippen molar-refractivity contribution in [2.45, 2.75) is 57.5 Å². The van der Waals surface area contributed by atoms with E-state index in [0.29, 0.717) is 31.0 Å². The first-order valence-electron chi connectivity index (χ1n) is 16.0. The number of rotatable bonds is 7. The number of aliphatic imine (C=N–C) groups is 1. The molecule has 6 rings (SSSR count). The number of halogens is 2. The van der Waals surface area contributed by atoms with Crippen molar-refractivity contribution in [1.82, 2.24) is 10.6 Å². The number of hydrogen-bond acceptors (Lipinski definition) is 10. The molecule has 0 fully saturated rings. The maximum absolute atomic E-state index is 13.4. The lowest BCUT2D eigenvalue weighted by molar-refractivity contribution is 0.169. The van der Waals surface area contributed by atoms with E-state index >= 15 is 0 Å². The van der Waals surface area contributed by atoms with Crippen molar-refractivity contribution in [2.75, 3.05) is 27.2 Å². The SMILES string of the molecule is CN=C=O.CNC(=O)NC[C@H]1CCc2ccc(S(=O)(=O)c3cccc(F)c3)cc2O1.NC[C@H]1CCc2ccc(S(=O)(=O)c3cccc(F)c3)cc2O1. The molecule has 4 aromatic rings. The first kappa shape index (κ1) is 39.6. The molecule has 0 unspecified atom stereocenters. The Labute approximate surface area is 300 Å².